The summed E-state index contributed by atoms with van der Waals surface area (Å²) in [5.74, 6) is 1.18. The number of rotatable bonds is 9. The lowest BCUT2D eigenvalue weighted by Gasteiger charge is -2.30. The van der Waals surface area contributed by atoms with Crippen molar-refractivity contribution in [1.29, 1.82) is 5.41 Å². The van der Waals surface area contributed by atoms with Gasteiger partial charge in [-0.05, 0) is 66.8 Å². The zero-order valence-electron chi connectivity index (χ0n) is 19.2. The molecule has 1 aromatic heterocycles. The highest BCUT2D eigenvalue weighted by molar-refractivity contribution is 6.01. The summed E-state index contributed by atoms with van der Waals surface area (Å²) in [6.45, 7) is 3.05. The molecule has 1 heterocycles. The van der Waals surface area contributed by atoms with Crippen molar-refractivity contribution in [3.63, 3.8) is 0 Å². The fourth-order valence-corrected chi connectivity index (χ4v) is 4.84. The molecule has 1 fully saturated rings. The fraction of sp³-hybridized carbons (Fsp3) is 0.407. The van der Waals surface area contributed by atoms with Gasteiger partial charge in [0.2, 0.25) is 5.91 Å². The molecule has 0 spiro atoms. The van der Waals surface area contributed by atoms with Crippen molar-refractivity contribution in [2.24, 2.45) is 17.6 Å². The first-order valence-electron chi connectivity index (χ1n) is 11.8. The number of carbonyl (C=O) groups is 1. The average Bonchev–Trinajstić information content (AvgIpc) is 3.31. The number of ether oxygens (including phenoxy) is 1. The van der Waals surface area contributed by atoms with Crippen molar-refractivity contribution in [2.45, 2.75) is 45.1 Å². The van der Waals surface area contributed by atoms with Crippen molar-refractivity contribution in [1.82, 2.24) is 5.32 Å². The average molecular weight is 448 g/mol. The number of amidine groups is 1. The third-order valence-corrected chi connectivity index (χ3v) is 6.74. The van der Waals surface area contributed by atoms with Gasteiger partial charge in [-0.3, -0.25) is 10.2 Å². The van der Waals surface area contributed by atoms with Gasteiger partial charge in [-0.2, -0.15) is 0 Å². The van der Waals surface area contributed by atoms with E-state index in [1.54, 1.807) is 13.2 Å². The molecule has 0 aliphatic heterocycles. The molecule has 0 bridgehead atoms. The van der Waals surface area contributed by atoms with Crippen molar-refractivity contribution in [3.8, 4) is 0 Å². The third kappa shape index (κ3) is 5.82. The standard InChI is InChI=1S/C27H33N3O3/c1-18(31)30-16-19-7-9-20(10-8-19)17-33-26(21-5-3-2-4-6-21)15-24-22-13-14-32-25(22)12-11-23(24)27(28)29/h2-6,11-14,19-20,26H,7-10,15-17H2,1H3,(H3,28,29)(H,30,31). The fourth-order valence-electron chi connectivity index (χ4n) is 4.84. The molecule has 4 N–H and O–H groups in total. The normalized spacial score (nSPS) is 19.3. The van der Waals surface area contributed by atoms with Gasteiger partial charge in [0.05, 0.1) is 19.0 Å². The van der Waals surface area contributed by atoms with Crippen molar-refractivity contribution < 1.29 is 13.9 Å². The van der Waals surface area contributed by atoms with Gasteiger partial charge in [0.15, 0.2) is 0 Å². The van der Waals surface area contributed by atoms with Crippen LogP contribution in [0.1, 0.15) is 55.4 Å². The van der Waals surface area contributed by atoms with Crippen molar-refractivity contribution in [3.05, 3.63) is 71.5 Å². The molecule has 6 heteroatoms. The number of hydrogen-bond donors (Lipinski definition) is 3. The van der Waals surface area contributed by atoms with E-state index in [4.69, 9.17) is 20.3 Å². The number of carbonyl (C=O) groups excluding carboxylic acids is 1. The van der Waals surface area contributed by atoms with E-state index in [-0.39, 0.29) is 17.8 Å². The predicted octanol–water partition coefficient (Wildman–Crippen LogP) is 4.96. The molecule has 4 rings (SSSR count). The molecule has 3 aromatic rings. The molecule has 1 aliphatic carbocycles. The molecule has 0 radical (unpaired) electrons. The lowest BCUT2D eigenvalue weighted by atomic mass is 9.82. The van der Waals surface area contributed by atoms with Gasteiger partial charge in [-0.15, -0.1) is 0 Å². The minimum Gasteiger partial charge on any atom is -0.464 e. The van der Waals surface area contributed by atoms with Gasteiger partial charge in [0.1, 0.15) is 11.4 Å². The molecule has 6 nitrogen and oxygen atoms in total. The number of hydrogen-bond acceptors (Lipinski definition) is 4. The predicted molar refractivity (Wildman–Crippen MR) is 130 cm³/mol. The van der Waals surface area contributed by atoms with Crippen LogP contribution in [-0.4, -0.2) is 24.9 Å². The Morgan fingerprint density at radius 2 is 1.85 bits per heavy atom. The summed E-state index contributed by atoms with van der Waals surface area (Å²) in [6.07, 6.45) is 6.62. The highest BCUT2D eigenvalue weighted by Crippen LogP contribution is 2.33. The van der Waals surface area contributed by atoms with Crippen molar-refractivity contribution in [2.75, 3.05) is 13.2 Å². The van der Waals surface area contributed by atoms with Crippen molar-refractivity contribution >= 4 is 22.7 Å². The molecule has 1 amide bonds. The molecule has 1 aliphatic rings. The van der Waals surface area contributed by atoms with Gasteiger partial charge in [0.25, 0.3) is 0 Å². The zero-order chi connectivity index (χ0) is 23.2. The zero-order valence-corrected chi connectivity index (χ0v) is 19.2. The molecule has 33 heavy (non-hydrogen) atoms. The number of benzene rings is 2. The van der Waals surface area contributed by atoms with E-state index in [9.17, 15) is 4.79 Å². The van der Waals surface area contributed by atoms with Gasteiger partial charge in [0, 0.05) is 30.8 Å². The number of fused-ring (bicyclic) bond motifs is 1. The van der Waals surface area contributed by atoms with Crippen LogP contribution < -0.4 is 11.1 Å². The van der Waals surface area contributed by atoms with Gasteiger partial charge in [-0.25, -0.2) is 0 Å². The van der Waals surface area contributed by atoms with Crippen LogP contribution in [0, 0.1) is 17.2 Å². The largest absolute Gasteiger partial charge is 0.464 e. The van der Waals surface area contributed by atoms with Crippen LogP contribution in [-0.2, 0) is 16.0 Å². The maximum atomic E-state index is 11.2. The lowest BCUT2D eigenvalue weighted by molar-refractivity contribution is -0.119. The quantitative estimate of drug-likeness (QED) is 0.319. The minimum atomic E-state index is -0.137. The molecule has 1 atom stereocenters. The number of nitrogens with two attached hydrogens (primary N) is 1. The number of nitrogen functional groups attached to an aromatic ring is 1. The molecule has 1 saturated carbocycles. The first-order valence-corrected chi connectivity index (χ1v) is 11.8. The van der Waals surface area contributed by atoms with E-state index in [0.29, 0.717) is 24.9 Å². The maximum absolute atomic E-state index is 11.2. The van der Waals surface area contributed by atoms with Crippen LogP contribution in [0.4, 0.5) is 0 Å². The molecule has 1 unspecified atom stereocenters. The molecule has 2 aromatic carbocycles. The molecular weight excluding hydrogens is 414 g/mol. The Hall–Kier alpha value is -3.12. The monoisotopic (exact) mass is 447 g/mol. The van der Waals surface area contributed by atoms with E-state index in [1.165, 1.54) is 0 Å². The lowest BCUT2D eigenvalue weighted by Crippen LogP contribution is -2.30. The second-order valence-corrected chi connectivity index (χ2v) is 9.10. The Kier molecular flexibility index (Phi) is 7.45. The number of furan rings is 1. The summed E-state index contributed by atoms with van der Waals surface area (Å²) < 4.78 is 12.2. The topological polar surface area (TPSA) is 101 Å². The Morgan fingerprint density at radius 1 is 1.12 bits per heavy atom. The highest BCUT2D eigenvalue weighted by Gasteiger charge is 2.24. The summed E-state index contributed by atoms with van der Waals surface area (Å²) in [6, 6.07) is 15.9. The van der Waals surface area contributed by atoms with E-state index in [1.807, 2.05) is 36.4 Å². The van der Waals surface area contributed by atoms with E-state index in [2.05, 4.69) is 17.4 Å². The summed E-state index contributed by atoms with van der Waals surface area (Å²) in [5, 5.41) is 12.0. The van der Waals surface area contributed by atoms with Gasteiger partial charge in [-0.1, -0.05) is 30.3 Å². The maximum Gasteiger partial charge on any atom is 0.216 e. The second-order valence-electron chi connectivity index (χ2n) is 9.10. The molecule has 174 valence electrons. The third-order valence-electron chi connectivity index (χ3n) is 6.74. The van der Waals surface area contributed by atoms with E-state index >= 15 is 0 Å². The SMILES string of the molecule is CC(=O)NCC1CCC(COC(Cc2c(C(=N)N)ccc3occc23)c2ccccc2)CC1. The van der Waals surface area contributed by atoms with Crippen LogP contribution >= 0.6 is 0 Å². The Balaban J connectivity index is 1.47. The smallest absolute Gasteiger partial charge is 0.216 e. The molecular formula is C27H33N3O3. The van der Waals surface area contributed by atoms with Crippen LogP contribution in [0.25, 0.3) is 11.0 Å². The Morgan fingerprint density at radius 3 is 2.55 bits per heavy atom. The van der Waals surface area contributed by atoms with Crippen LogP contribution in [0.15, 0.2) is 59.2 Å². The first-order chi connectivity index (χ1) is 16.0. The molecule has 0 saturated heterocycles. The van der Waals surface area contributed by atoms with Crippen LogP contribution in [0.5, 0.6) is 0 Å². The second kappa shape index (κ2) is 10.7. The van der Waals surface area contributed by atoms with Gasteiger partial charge >= 0.3 is 0 Å². The van der Waals surface area contributed by atoms with E-state index in [0.717, 1.165) is 59.9 Å². The number of amides is 1. The Labute approximate surface area is 195 Å². The van der Waals surface area contributed by atoms with E-state index < -0.39 is 0 Å². The summed E-state index contributed by atoms with van der Waals surface area (Å²) >= 11 is 0. The van der Waals surface area contributed by atoms with Crippen LogP contribution in [0.2, 0.25) is 0 Å². The highest BCUT2D eigenvalue weighted by atomic mass is 16.5. The first kappa shape index (κ1) is 23.1. The number of nitrogens with one attached hydrogen (secondary N) is 2. The van der Waals surface area contributed by atoms with Gasteiger partial charge < -0.3 is 20.2 Å². The summed E-state index contributed by atoms with van der Waals surface area (Å²) in [4.78, 5) is 11.2. The summed E-state index contributed by atoms with van der Waals surface area (Å²) in [5.41, 5.74) is 9.55. The van der Waals surface area contributed by atoms with Crippen LogP contribution in [0.3, 0.4) is 0 Å². The minimum absolute atomic E-state index is 0.0451. The Bertz CT molecular complexity index is 1080. The summed E-state index contributed by atoms with van der Waals surface area (Å²) in [7, 11) is 0.